The number of rotatable bonds is 4. The molecule has 0 radical (unpaired) electrons. The van der Waals surface area contributed by atoms with Crippen LogP contribution in [-0.2, 0) is 9.84 Å². The molecule has 1 aliphatic heterocycles. The Morgan fingerprint density at radius 1 is 1.32 bits per heavy atom. The standard InChI is InChI=1S/C14H18F2N2O3S/c1-9-8-11(6-7-17-9)18-13(19)10-2-4-12(5-3-10)22(20,21)14(15)16/h2-5,9,11,14,17H,6-8H2,1H3,(H,18,19). The Hall–Kier alpha value is -1.54. The molecular formula is C14H18F2N2O3S. The van der Waals surface area contributed by atoms with E-state index in [1.54, 1.807) is 0 Å². The smallest absolute Gasteiger partial charge is 0.341 e. The Labute approximate surface area is 128 Å². The third-order valence-corrected chi connectivity index (χ3v) is 5.04. The number of carbonyl (C=O) groups excluding carboxylic acids is 1. The number of carbonyl (C=O) groups is 1. The molecule has 1 aromatic carbocycles. The monoisotopic (exact) mass is 332 g/mol. The third-order valence-electron chi connectivity index (χ3n) is 3.64. The first-order valence-electron chi connectivity index (χ1n) is 6.97. The Balaban J connectivity index is 2.05. The second-order valence-electron chi connectivity index (χ2n) is 5.38. The highest BCUT2D eigenvalue weighted by molar-refractivity contribution is 7.91. The fraction of sp³-hybridized carbons (Fsp3) is 0.500. The van der Waals surface area contributed by atoms with Crippen molar-refractivity contribution in [1.29, 1.82) is 0 Å². The van der Waals surface area contributed by atoms with E-state index in [9.17, 15) is 22.0 Å². The summed E-state index contributed by atoms with van der Waals surface area (Å²) >= 11 is 0. The Bertz CT molecular complexity index is 632. The van der Waals surface area contributed by atoms with Crippen molar-refractivity contribution in [3.63, 3.8) is 0 Å². The first kappa shape index (κ1) is 16.8. The van der Waals surface area contributed by atoms with Gasteiger partial charge in [-0.05, 0) is 50.6 Å². The molecular weight excluding hydrogens is 314 g/mol. The molecule has 0 spiro atoms. The van der Waals surface area contributed by atoms with E-state index in [0.29, 0.717) is 6.04 Å². The van der Waals surface area contributed by atoms with Crippen molar-refractivity contribution < 1.29 is 22.0 Å². The number of amides is 1. The fourth-order valence-electron chi connectivity index (χ4n) is 2.43. The number of sulfone groups is 1. The summed E-state index contributed by atoms with van der Waals surface area (Å²) in [6.07, 6.45) is 1.62. The molecule has 22 heavy (non-hydrogen) atoms. The van der Waals surface area contributed by atoms with Gasteiger partial charge in [-0.15, -0.1) is 0 Å². The number of hydrogen-bond donors (Lipinski definition) is 2. The maximum atomic E-state index is 12.4. The highest BCUT2D eigenvalue weighted by Crippen LogP contribution is 2.19. The van der Waals surface area contributed by atoms with Crippen LogP contribution in [0.5, 0.6) is 0 Å². The van der Waals surface area contributed by atoms with Gasteiger partial charge in [0.15, 0.2) is 0 Å². The number of alkyl halides is 2. The summed E-state index contributed by atoms with van der Waals surface area (Å²) < 4.78 is 47.5. The average Bonchev–Trinajstić information content (AvgIpc) is 2.47. The van der Waals surface area contributed by atoms with Gasteiger partial charge in [-0.25, -0.2) is 8.42 Å². The first-order chi connectivity index (χ1) is 10.3. The average molecular weight is 332 g/mol. The molecule has 0 aromatic heterocycles. The van der Waals surface area contributed by atoms with Crippen LogP contribution in [0.25, 0.3) is 0 Å². The summed E-state index contributed by atoms with van der Waals surface area (Å²) in [7, 11) is -4.63. The van der Waals surface area contributed by atoms with Crippen molar-refractivity contribution in [1.82, 2.24) is 10.6 Å². The normalized spacial score (nSPS) is 22.5. The largest absolute Gasteiger partial charge is 0.349 e. The van der Waals surface area contributed by atoms with Gasteiger partial charge in [0.2, 0.25) is 9.84 Å². The molecule has 122 valence electrons. The lowest BCUT2D eigenvalue weighted by molar-refractivity contribution is 0.0925. The minimum Gasteiger partial charge on any atom is -0.349 e. The van der Waals surface area contributed by atoms with Crippen LogP contribution in [0, 0.1) is 0 Å². The molecule has 2 unspecified atom stereocenters. The van der Waals surface area contributed by atoms with E-state index >= 15 is 0 Å². The van der Waals surface area contributed by atoms with Crippen LogP contribution >= 0.6 is 0 Å². The molecule has 2 rings (SSSR count). The Morgan fingerprint density at radius 2 is 1.95 bits per heavy atom. The van der Waals surface area contributed by atoms with E-state index in [0.717, 1.165) is 31.5 Å². The quantitative estimate of drug-likeness (QED) is 0.877. The second kappa shape index (κ2) is 6.70. The Kier molecular flexibility index (Phi) is 5.12. The molecule has 2 N–H and O–H groups in total. The lowest BCUT2D eigenvalue weighted by atomic mass is 10.0. The molecule has 0 aliphatic carbocycles. The van der Waals surface area contributed by atoms with Gasteiger partial charge >= 0.3 is 5.76 Å². The van der Waals surface area contributed by atoms with Crippen molar-refractivity contribution >= 4 is 15.7 Å². The van der Waals surface area contributed by atoms with Crippen LogP contribution in [0.2, 0.25) is 0 Å². The second-order valence-corrected chi connectivity index (χ2v) is 7.30. The summed E-state index contributed by atoms with van der Waals surface area (Å²) in [4.78, 5) is 11.6. The minimum absolute atomic E-state index is 0.0493. The molecule has 1 aliphatic rings. The van der Waals surface area contributed by atoms with E-state index in [-0.39, 0.29) is 17.5 Å². The maximum absolute atomic E-state index is 12.4. The highest BCUT2D eigenvalue weighted by Gasteiger charge is 2.27. The molecule has 5 nitrogen and oxygen atoms in total. The van der Waals surface area contributed by atoms with E-state index < -0.39 is 20.5 Å². The fourth-order valence-corrected chi connectivity index (χ4v) is 3.15. The highest BCUT2D eigenvalue weighted by atomic mass is 32.2. The summed E-state index contributed by atoms with van der Waals surface area (Å²) in [5, 5.41) is 6.14. The number of nitrogens with one attached hydrogen (secondary N) is 2. The van der Waals surface area contributed by atoms with Crippen LogP contribution in [0.4, 0.5) is 8.78 Å². The van der Waals surface area contributed by atoms with Crippen LogP contribution in [0.15, 0.2) is 29.2 Å². The van der Waals surface area contributed by atoms with Gasteiger partial charge in [0.25, 0.3) is 5.91 Å². The van der Waals surface area contributed by atoms with Crippen LogP contribution in [0.3, 0.4) is 0 Å². The van der Waals surface area contributed by atoms with Crippen molar-refractivity contribution in [3.05, 3.63) is 29.8 Å². The predicted octanol–water partition coefficient (Wildman–Crippen LogP) is 1.55. The number of hydrogen-bond acceptors (Lipinski definition) is 4. The topological polar surface area (TPSA) is 75.3 Å². The van der Waals surface area contributed by atoms with Crippen LogP contribution < -0.4 is 10.6 Å². The summed E-state index contributed by atoms with van der Waals surface area (Å²) in [6, 6.07) is 4.92. The minimum atomic E-state index is -4.63. The lowest BCUT2D eigenvalue weighted by Gasteiger charge is -2.28. The SMILES string of the molecule is CC1CC(NC(=O)c2ccc(S(=O)(=O)C(F)F)cc2)CCN1. The summed E-state index contributed by atoms with van der Waals surface area (Å²) in [5.41, 5.74) is 0.249. The van der Waals surface area contributed by atoms with Gasteiger partial charge < -0.3 is 10.6 Å². The summed E-state index contributed by atoms with van der Waals surface area (Å²) in [6.45, 7) is 2.85. The zero-order valence-electron chi connectivity index (χ0n) is 12.1. The van der Waals surface area contributed by atoms with Crippen LogP contribution in [0.1, 0.15) is 30.1 Å². The van der Waals surface area contributed by atoms with Crippen molar-refractivity contribution in [3.8, 4) is 0 Å². The van der Waals surface area contributed by atoms with E-state index in [4.69, 9.17) is 0 Å². The molecule has 1 amide bonds. The molecule has 0 bridgehead atoms. The van der Waals surface area contributed by atoms with Crippen LogP contribution in [-0.4, -0.2) is 38.7 Å². The number of benzene rings is 1. The van der Waals surface area contributed by atoms with Gasteiger partial charge in [-0.2, -0.15) is 8.78 Å². The predicted molar refractivity (Wildman–Crippen MR) is 77.6 cm³/mol. The third kappa shape index (κ3) is 3.80. The Morgan fingerprint density at radius 3 is 2.50 bits per heavy atom. The van der Waals surface area contributed by atoms with Crippen molar-refractivity contribution in [2.75, 3.05) is 6.54 Å². The van der Waals surface area contributed by atoms with E-state index in [2.05, 4.69) is 10.6 Å². The van der Waals surface area contributed by atoms with E-state index in [1.807, 2.05) is 6.92 Å². The molecule has 2 atom stereocenters. The molecule has 1 heterocycles. The van der Waals surface area contributed by atoms with Gasteiger partial charge in [0.05, 0.1) is 4.90 Å². The maximum Gasteiger partial charge on any atom is 0.341 e. The van der Waals surface area contributed by atoms with Gasteiger partial charge in [0, 0.05) is 17.6 Å². The van der Waals surface area contributed by atoms with Gasteiger partial charge in [-0.1, -0.05) is 0 Å². The molecule has 1 saturated heterocycles. The van der Waals surface area contributed by atoms with Crippen molar-refractivity contribution in [2.24, 2.45) is 0 Å². The summed E-state index contributed by atoms with van der Waals surface area (Å²) in [5.74, 6) is -3.80. The number of piperidine rings is 1. The number of halogens is 2. The zero-order chi connectivity index (χ0) is 16.3. The van der Waals surface area contributed by atoms with Gasteiger partial charge in [-0.3, -0.25) is 4.79 Å². The molecule has 0 saturated carbocycles. The zero-order valence-corrected chi connectivity index (χ0v) is 12.9. The molecule has 1 aromatic rings. The molecule has 8 heteroatoms. The van der Waals surface area contributed by atoms with E-state index in [1.165, 1.54) is 12.1 Å². The lowest BCUT2D eigenvalue weighted by Crippen LogP contribution is -2.46. The molecule has 1 fully saturated rings. The van der Waals surface area contributed by atoms with Crippen molar-refractivity contribution in [2.45, 2.75) is 42.5 Å². The van der Waals surface area contributed by atoms with Gasteiger partial charge in [0.1, 0.15) is 0 Å². The first-order valence-corrected chi connectivity index (χ1v) is 8.51.